The Morgan fingerprint density at radius 2 is 2.17 bits per heavy atom. The molecule has 1 heterocycles. The Kier molecular flexibility index (Phi) is 4.23. The van der Waals surface area contributed by atoms with Gasteiger partial charge in [-0.2, -0.15) is 0 Å². The van der Waals surface area contributed by atoms with Gasteiger partial charge in [-0.05, 0) is 50.2 Å². The molecule has 2 rings (SSSR count). The van der Waals surface area contributed by atoms with Crippen LogP contribution in [0.2, 0.25) is 0 Å². The fourth-order valence-corrected chi connectivity index (χ4v) is 2.30. The van der Waals surface area contributed by atoms with Crippen LogP contribution in [0, 0.1) is 5.92 Å². The van der Waals surface area contributed by atoms with E-state index in [1.54, 1.807) is 0 Å². The van der Waals surface area contributed by atoms with Crippen molar-refractivity contribution in [3.63, 3.8) is 0 Å². The predicted octanol–water partition coefficient (Wildman–Crippen LogP) is 2.60. The number of anilines is 1. The molecule has 0 amide bonds. The quantitative estimate of drug-likeness (QED) is 0.840. The summed E-state index contributed by atoms with van der Waals surface area (Å²) in [5.74, 6) is 1.94. The van der Waals surface area contributed by atoms with E-state index in [1.807, 2.05) is 6.20 Å². The summed E-state index contributed by atoms with van der Waals surface area (Å²) in [5.41, 5.74) is 7.20. The van der Waals surface area contributed by atoms with Crippen LogP contribution in [0.5, 0.6) is 0 Å². The van der Waals surface area contributed by atoms with E-state index in [1.165, 1.54) is 18.4 Å². The molecule has 3 nitrogen and oxygen atoms in total. The maximum absolute atomic E-state index is 5.96. The third-order valence-corrected chi connectivity index (χ3v) is 4.11. The van der Waals surface area contributed by atoms with Crippen molar-refractivity contribution in [2.75, 3.05) is 11.9 Å². The van der Waals surface area contributed by atoms with Gasteiger partial charge in [0.25, 0.3) is 0 Å². The van der Waals surface area contributed by atoms with Crippen LogP contribution in [0.15, 0.2) is 18.3 Å². The standard InChI is InChI=1S/C15H25N3/c1-4-14(16)9-12-5-8-15(17-10-12)18(3)11(2)13-6-7-13/h5,8,10-11,13-14H,4,6-7,9,16H2,1-3H3. The average molecular weight is 247 g/mol. The van der Waals surface area contributed by atoms with Gasteiger partial charge in [-0.1, -0.05) is 13.0 Å². The Bertz CT molecular complexity index is 370. The van der Waals surface area contributed by atoms with Crippen molar-refractivity contribution in [3.8, 4) is 0 Å². The first-order chi connectivity index (χ1) is 8.61. The number of hydrogen-bond acceptors (Lipinski definition) is 3. The molecule has 0 bridgehead atoms. The maximum Gasteiger partial charge on any atom is 0.128 e. The highest BCUT2D eigenvalue weighted by molar-refractivity contribution is 5.40. The van der Waals surface area contributed by atoms with Gasteiger partial charge >= 0.3 is 0 Å². The zero-order valence-electron chi connectivity index (χ0n) is 11.8. The molecule has 0 spiro atoms. The van der Waals surface area contributed by atoms with Gasteiger partial charge in [0.2, 0.25) is 0 Å². The second-order valence-corrected chi connectivity index (χ2v) is 5.59. The average Bonchev–Trinajstić information content (AvgIpc) is 3.22. The highest BCUT2D eigenvalue weighted by atomic mass is 15.2. The molecule has 2 atom stereocenters. The number of pyridine rings is 1. The van der Waals surface area contributed by atoms with Gasteiger partial charge in [-0.3, -0.25) is 0 Å². The monoisotopic (exact) mass is 247 g/mol. The Morgan fingerprint density at radius 1 is 1.44 bits per heavy atom. The van der Waals surface area contributed by atoms with E-state index in [9.17, 15) is 0 Å². The third kappa shape index (κ3) is 3.22. The summed E-state index contributed by atoms with van der Waals surface area (Å²) < 4.78 is 0. The summed E-state index contributed by atoms with van der Waals surface area (Å²) in [6, 6.07) is 5.13. The van der Waals surface area contributed by atoms with E-state index in [2.05, 4.69) is 42.9 Å². The van der Waals surface area contributed by atoms with Gasteiger partial charge < -0.3 is 10.6 Å². The number of nitrogens with two attached hydrogens (primary N) is 1. The van der Waals surface area contributed by atoms with Gasteiger partial charge in [0.1, 0.15) is 5.82 Å². The van der Waals surface area contributed by atoms with Crippen molar-refractivity contribution in [2.45, 2.75) is 51.6 Å². The van der Waals surface area contributed by atoms with Crippen molar-refractivity contribution >= 4 is 5.82 Å². The highest BCUT2D eigenvalue weighted by Crippen LogP contribution is 2.35. The Balaban J connectivity index is 1.97. The summed E-state index contributed by atoms with van der Waals surface area (Å²) in [6.45, 7) is 4.41. The molecule has 3 heteroatoms. The lowest BCUT2D eigenvalue weighted by Crippen LogP contribution is -2.31. The molecule has 1 aromatic rings. The minimum atomic E-state index is 0.251. The fourth-order valence-electron chi connectivity index (χ4n) is 2.30. The van der Waals surface area contributed by atoms with Crippen LogP contribution in [0.25, 0.3) is 0 Å². The van der Waals surface area contributed by atoms with Crippen LogP contribution in [-0.4, -0.2) is 24.1 Å². The molecule has 2 N–H and O–H groups in total. The first kappa shape index (κ1) is 13.3. The van der Waals surface area contributed by atoms with E-state index in [4.69, 9.17) is 5.73 Å². The number of aromatic nitrogens is 1. The van der Waals surface area contributed by atoms with Crippen LogP contribution in [-0.2, 0) is 6.42 Å². The van der Waals surface area contributed by atoms with Gasteiger partial charge in [-0.25, -0.2) is 4.98 Å². The molecule has 2 unspecified atom stereocenters. The van der Waals surface area contributed by atoms with Crippen LogP contribution in [0.3, 0.4) is 0 Å². The van der Waals surface area contributed by atoms with E-state index >= 15 is 0 Å². The second kappa shape index (κ2) is 5.70. The molecule has 1 fully saturated rings. The Morgan fingerprint density at radius 3 is 2.67 bits per heavy atom. The summed E-state index contributed by atoms with van der Waals surface area (Å²) in [4.78, 5) is 6.86. The van der Waals surface area contributed by atoms with E-state index < -0.39 is 0 Å². The first-order valence-electron chi connectivity index (χ1n) is 7.05. The zero-order chi connectivity index (χ0) is 13.1. The topological polar surface area (TPSA) is 42.1 Å². The van der Waals surface area contributed by atoms with Crippen molar-refractivity contribution in [3.05, 3.63) is 23.9 Å². The Hall–Kier alpha value is -1.09. The van der Waals surface area contributed by atoms with Crippen LogP contribution in [0.1, 0.15) is 38.7 Å². The van der Waals surface area contributed by atoms with Gasteiger partial charge in [0.05, 0.1) is 0 Å². The molecule has 1 aliphatic rings. The van der Waals surface area contributed by atoms with Crippen molar-refractivity contribution in [1.82, 2.24) is 4.98 Å². The second-order valence-electron chi connectivity index (χ2n) is 5.59. The minimum absolute atomic E-state index is 0.251. The zero-order valence-corrected chi connectivity index (χ0v) is 11.8. The molecule has 18 heavy (non-hydrogen) atoms. The summed E-state index contributed by atoms with van der Waals surface area (Å²) >= 11 is 0. The molecular formula is C15H25N3. The molecule has 1 saturated carbocycles. The smallest absolute Gasteiger partial charge is 0.128 e. The molecule has 0 aromatic carbocycles. The largest absolute Gasteiger partial charge is 0.357 e. The normalized spacial score (nSPS) is 18.4. The Labute approximate surface area is 110 Å². The SMILES string of the molecule is CCC(N)Cc1ccc(N(C)C(C)C2CC2)nc1. The lowest BCUT2D eigenvalue weighted by Gasteiger charge is -2.26. The van der Waals surface area contributed by atoms with Gasteiger partial charge in [0.15, 0.2) is 0 Å². The number of rotatable bonds is 6. The first-order valence-corrected chi connectivity index (χ1v) is 7.05. The summed E-state index contributed by atoms with van der Waals surface area (Å²) in [7, 11) is 2.14. The predicted molar refractivity (Wildman–Crippen MR) is 76.8 cm³/mol. The third-order valence-electron chi connectivity index (χ3n) is 4.11. The molecule has 0 saturated heterocycles. The number of hydrogen-bond donors (Lipinski definition) is 1. The maximum atomic E-state index is 5.96. The van der Waals surface area contributed by atoms with Crippen LogP contribution >= 0.6 is 0 Å². The van der Waals surface area contributed by atoms with E-state index in [0.29, 0.717) is 6.04 Å². The number of nitrogens with zero attached hydrogens (tertiary/aromatic N) is 2. The van der Waals surface area contributed by atoms with Crippen molar-refractivity contribution < 1.29 is 0 Å². The lowest BCUT2D eigenvalue weighted by molar-refractivity contribution is 0.603. The van der Waals surface area contributed by atoms with Crippen molar-refractivity contribution in [2.24, 2.45) is 11.7 Å². The summed E-state index contributed by atoms with van der Waals surface area (Å²) in [6.07, 6.45) is 6.65. The van der Waals surface area contributed by atoms with E-state index in [0.717, 1.165) is 24.6 Å². The van der Waals surface area contributed by atoms with E-state index in [-0.39, 0.29) is 6.04 Å². The lowest BCUT2D eigenvalue weighted by atomic mass is 10.1. The molecule has 0 aliphatic heterocycles. The van der Waals surface area contributed by atoms with Gasteiger partial charge in [0, 0.05) is 25.3 Å². The highest BCUT2D eigenvalue weighted by Gasteiger charge is 2.30. The molecule has 1 aliphatic carbocycles. The molecular weight excluding hydrogens is 222 g/mol. The molecule has 0 radical (unpaired) electrons. The molecule has 100 valence electrons. The fraction of sp³-hybridized carbons (Fsp3) is 0.667. The summed E-state index contributed by atoms with van der Waals surface area (Å²) in [5, 5.41) is 0. The van der Waals surface area contributed by atoms with Crippen molar-refractivity contribution in [1.29, 1.82) is 0 Å². The minimum Gasteiger partial charge on any atom is -0.357 e. The molecule has 1 aromatic heterocycles. The van der Waals surface area contributed by atoms with Crippen LogP contribution in [0.4, 0.5) is 5.82 Å². The van der Waals surface area contributed by atoms with Gasteiger partial charge in [-0.15, -0.1) is 0 Å². The van der Waals surface area contributed by atoms with Crippen LogP contribution < -0.4 is 10.6 Å².